The first-order valence-corrected chi connectivity index (χ1v) is 9.27. The summed E-state index contributed by atoms with van der Waals surface area (Å²) < 4.78 is 5.31. The highest BCUT2D eigenvalue weighted by atomic mass is 32.1. The number of hydrogen-bond donors (Lipinski definition) is 1. The molecule has 2 unspecified atom stereocenters. The number of benzene rings is 1. The van der Waals surface area contributed by atoms with Crippen LogP contribution in [0.1, 0.15) is 52.7 Å². The molecule has 2 atom stereocenters. The van der Waals surface area contributed by atoms with Gasteiger partial charge in [0, 0.05) is 17.4 Å². The van der Waals surface area contributed by atoms with Gasteiger partial charge >= 0.3 is 5.97 Å². The van der Waals surface area contributed by atoms with E-state index in [1.54, 1.807) is 19.1 Å². The Labute approximate surface area is 157 Å². The Morgan fingerprint density at radius 2 is 1.88 bits per heavy atom. The summed E-state index contributed by atoms with van der Waals surface area (Å²) in [5.41, 5.74) is 2.63. The Kier molecular flexibility index (Phi) is 6.69. The third-order valence-electron chi connectivity index (χ3n) is 4.10. The minimum atomic E-state index is -0.883. The Bertz CT molecular complexity index is 798. The van der Waals surface area contributed by atoms with E-state index in [-0.39, 0.29) is 18.1 Å². The molecule has 0 saturated heterocycles. The van der Waals surface area contributed by atoms with E-state index in [0.717, 1.165) is 16.0 Å². The van der Waals surface area contributed by atoms with Crippen LogP contribution in [0.3, 0.4) is 0 Å². The Balaban J connectivity index is 2.01. The van der Waals surface area contributed by atoms with Crippen LogP contribution >= 0.6 is 11.3 Å². The lowest BCUT2D eigenvalue weighted by Crippen LogP contribution is -2.30. The Morgan fingerprint density at radius 3 is 2.46 bits per heavy atom. The number of amides is 1. The van der Waals surface area contributed by atoms with Crippen molar-refractivity contribution in [2.24, 2.45) is 0 Å². The molecule has 0 spiro atoms. The van der Waals surface area contributed by atoms with Crippen LogP contribution in [0.2, 0.25) is 0 Å². The first-order chi connectivity index (χ1) is 12.3. The highest BCUT2D eigenvalue weighted by molar-refractivity contribution is 7.10. The molecule has 26 heavy (non-hydrogen) atoms. The topological polar surface area (TPSA) is 72.5 Å². The molecule has 2 rings (SSSR count). The number of thiophene rings is 1. The average Bonchev–Trinajstić information content (AvgIpc) is 3.10. The monoisotopic (exact) mass is 373 g/mol. The highest BCUT2D eigenvalue weighted by Crippen LogP contribution is 2.23. The number of carbonyl (C=O) groups excluding carboxylic acids is 3. The number of esters is 1. The maximum absolute atomic E-state index is 12.5. The lowest BCUT2D eigenvalue weighted by atomic mass is 10.0. The zero-order valence-electron chi connectivity index (χ0n) is 15.4. The van der Waals surface area contributed by atoms with Crippen LogP contribution in [-0.4, -0.2) is 23.8 Å². The second-order valence-electron chi connectivity index (χ2n) is 6.27. The van der Waals surface area contributed by atoms with Crippen LogP contribution in [-0.2, 0) is 14.3 Å². The van der Waals surface area contributed by atoms with E-state index < -0.39 is 18.1 Å². The zero-order chi connectivity index (χ0) is 19.3. The molecule has 0 fully saturated rings. The number of ether oxygens (including phenoxy) is 1. The standard InChI is InChI=1S/C20H23NO4S/c1-12-7-8-16(10-13(12)2)20(24)14(3)25-19(23)11-17(21-15(4)22)18-6-5-9-26-18/h5-10,14,17H,11H2,1-4H3,(H,21,22). The van der Waals surface area contributed by atoms with Crippen molar-refractivity contribution in [3.63, 3.8) is 0 Å². The molecule has 138 valence electrons. The molecule has 1 N–H and O–H groups in total. The Hall–Kier alpha value is -2.47. The van der Waals surface area contributed by atoms with Gasteiger partial charge in [0.2, 0.25) is 11.7 Å². The van der Waals surface area contributed by atoms with Crippen LogP contribution in [0.5, 0.6) is 0 Å². The lowest BCUT2D eigenvalue weighted by molar-refractivity contribution is -0.147. The minimum absolute atomic E-state index is 0.0232. The number of carbonyl (C=O) groups is 3. The van der Waals surface area contributed by atoms with Gasteiger partial charge in [0.05, 0.1) is 12.5 Å². The largest absolute Gasteiger partial charge is 0.454 e. The smallest absolute Gasteiger partial charge is 0.308 e. The number of aryl methyl sites for hydroxylation is 2. The summed E-state index contributed by atoms with van der Waals surface area (Å²) in [6, 6.07) is 8.66. The maximum Gasteiger partial charge on any atom is 0.308 e. The fraction of sp³-hybridized carbons (Fsp3) is 0.350. The minimum Gasteiger partial charge on any atom is -0.454 e. The molecule has 2 aromatic rings. The van der Waals surface area contributed by atoms with Crippen molar-refractivity contribution in [2.75, 3.05) is 0 Å². The van der Waals surface area contributed by atoms with Gasteiger partial charge in [0.1, 0.15) is 0 Å². The maximum atomic E-state index is 12.5. The first-order valence-electron chi connectivity index (χ1n) is 8.39. The van der Waals surface area contributed by atoms with Crippen molar-refractivity contribution in [3.05, 3.63) is 57.3 Å². The van der Waals surface area contributed by atoms with E-state index in [1.807, 2.05) is 37.4 Å². The van der Waals surface area contributed by atoms with Crippen molar-refractivity contribution in [1.82, 2.24) is 5.32 Å². The van der Waals surface area contributed by atoms with Gasteiger partial charge in [-0.1, -0.05) is 18.2 Å². The SMILES string of the molecule is CC(=O)NC(CC(=O)OC(C)C(=O)c1ccc(C)c(C)c1)c1cccs1. The molecule has 0 aliphatic heterocycles. The Morgan fingerprint density at radius 1 is 1.15 bits per heavy atom. The number of nitrogens with one attached hydrogen (secondary N) is 1. The second-order valence-corrected chi connectivity index (χ2v) is 7.25. The average molecular weight is 373 g/mol. The molecule has 0 saturated carbocycles. The number of rotatable bonds is 7. The molecular weight excluding hydrogens is 350 g/mol. The summed E-state index contributed by atoms with van der Waals surface area (Å²) in [6.45, 7) is 6.87. The lowest BCUT2D eigenvalue weighted by Gasteiger charge is -2.18. The number of Topliss-reactive ketones (excluding diaryl/α,β-unsaturated/α-hetero) is 1. The van der Waals surface area contributed by atoms with Gasteiger partial charge in [0.25, 0.3) is 0 Å². The molecule has 1 heterocycles. The van der Waals surface area contributed by atoms with Crippen molar-refractivity contribution in [3.8, 4) is 0 Å². The summed E-state index contributed by atoms with van der Waals surface area (Å²) in [5, 5.41) is 4.62. The molecule has 1 aromatic carbocycles. The summed E-state index contributed by atoms with van der Waals surface area (Å²) in [7, 11) is 0. The fourth-order valence-corrected chi connectivity index (χ4v) is 3.33. The fourth-order valence-electron chi connectivity index (χ4n) is 2.55. The third kappa shape index (κ3) is 5.26. The normalized spacial score (nSPS) is 12.9. The quantitative estimate of drug-likeness (QED) is 0.593. The van der Waals surface area contributed by atoms with Crippen LogP contribution in [0.25, 0.3) is 0 Å². The second kappa shape index (κ2) is 8.76. The van der Waals surface area contributed by atoms with Crippen LogP contribution in [0, 0.1) is 13.8 Å². The van der Waals surface area contributed by atoms with Gasteiger partial charge in [-0.25, -0.2) is 0 Å². The molecule has 1 amide bonds. The van der Waals surface area contributed by atoms with Gasteiger partial charge in [-0.2, -0.15) is 0 Å². The van der Waals surface area contributed by atoms with Crippen LogP contribution < -0.4 is 5.32 Å². The van der Waals surface area contributed by atoms with Gasteiger partial charge < -0.3 is 10.1 Å². The molecule has 6 heteroatoms. The molecule has 1 aromatic heterocycles. The molecule has 5 nitrogen and oxygen atoms in total. The molecule has 0 radical (unpaired) electrons. The third-order valence-corrected chi connectivity index (χ3v) is 5.09. The summed E-state index contributed by atoms with van der Waals surface area (Å²) in [5.74, 6) is -0.995. The van der Waals surface area contributed by atoms with E-state index in [0.29, 0.717) is 5.56 Å². The van der Waals surface area contributed by atoms with Gasteiger partial charge in [-0.05, 0) is 49.4 Å². The first kappa shape index (κ1) is 19.8. The zero-order valence-corrected chi connectivity index (χ0v) is 16.2. The van der Waals surface area contributed by atoms with E-state index >= 15 is 0 Å². The molecule has 0 bridgehead atoms. The van der Waals surface area contributed by atoms with E-state index in [9.17, 15) is 14.4 Å². The van der Waals surface area contributed by atoms with E-state index in [4.69, 9.17) is 4.74 Å². The van der Waals surface area contributed by atoms with Crippen LogP contribution in [0.15, 0.2) is 35.7 Å². The van der Waals surface area contributed by atoms with Crippen LogP contribution in [0.4, 0.5) is 0 Å². The number of ketones is 1. The van der Waals surface area contributed by atoms with Gasteiger partial charge in [0.15, 0.2) is 6.10 Å². The molecule has 0 aliphatic rings. The number of hydrogen-bond acceptors (Lipinski definition) is 5. The van der Waals surface area contributed by atoms with Gasteiger partial charge in [-0.15, -0.1) is 11.3 Å². The summed E-state index contributed by atoms with van der Waals surface area (Å²) in [4.78, 5) is 37.0. The molecular formula is C20H23NO4S. The highest BCUT2D eigenvalue weighted by Gasteiger charge is 2.24. The predicted octanol–water partition coefficient (Wildman–Crippen LogP) is 3.75. The van der Waals surface area contributed by atoms with Crippen molar-refractivity contribution in [1.29, 1.82) is 0 Å². The van der Waals surface area contributed by atoms with E-state index in [2.05, 4.69) is 5.32 Å². The summed E-state index contributed by atoms with van der Waals surface area (Å²) in [6.07, 6.45) is -0.907. The van der Waals surface area contributed by atoms with Gasteiger partial charge in [-0.3, -0.25) is 14.4 Å². The summed E-state index contributed by atoms with van der Waals surface area (Å²) >= 11 is 1.45. The van der Waals surface area contributed by atoms with Crippen molar-refractivity contribution in [2.45, 2.75) is 46.3 Å². The van der Waals surface area contributed by atoms with E-state index in [1.165, 1.54) is 18.3 Å². The molecule has 0 aliphatic carbocycles. The van der Waals surface area contributed by atoms with Crippen molar-refractivity contribution < 1.29 is 19.1 Å². The van der Waals surface area contributed by atoms with Crippen molar-refractivity contribution >= 4 is 29.0 Å². The predicted molar refractivity (Wildman–Crippen MR) is 101 cm³/mol.